The van der Waals surface area contributed by atoms with Crippen molar-refractivity contribution in [3.05, 3.63) is 29.6 Å². The van der Waals surface area contributed by atoms with Gasteiger partial charge in [-0.05, 0) is 45.4 Å². The zero-order chi connectivity index (χ0) is 14.9. The van der Waals surface area contributed by atoms with Crippen molar-refractivity contribution in [3.63, 3.8) is 0 Å². The molecule has 0 bridgehead atoms. The van der Waals surface area contributed by atoms with Crippen LogP contribution in [0, 0.1) is 6.92 Å². The number of imidazole rings is 1. The number of nitrogens with two attached hydrogens (primary N) is 1. The normalized spacial score (nSPS) is 12.9. The van der Waals surface area contributed by atoms with E-state index in [0.29, 0.717) is 6.04 Å². The van der Waals surface area contributed by atoms with E-state index in [1.54, 1.807) is 0 Å². The lowest BCUT2D eigenvalue weighted by atomic mass is 10.1. The largest absolute Gasteiger partial charge is 0.348 e. The Bertz CT molecular complexity index is 630. The van der Waals surface area contributed by atoms with Gasteiger partial charge in [0.05, 0.1) is 23.6 Å². The maximum atomic E-state index is 11.4. The predicted molar refractivity (Wildman–Crippen MR) is 80.5 cm³/mol. The SMILES string of the molecule is Cc1nc2cc(C(C)NC(=O)CN)ccc2n1C(C)C. The number of aromatic nitrogens is 2. The van der Waals surface area contributed by atoms with E-state index in [0.717, 1.165) is 22.4 Å². The molecule has 0 saturated heterocycles. The molecular weight excluding hydrogens is 252 g/mol. The molecule has 0 spiro atoms. The molecule has 0 fully saturated rings. The Balaban J connectivity index is 2.37. The van der Waals surface area contributed by atoms with Crippen LogP contribution in [0.1, 0.15) is 44.2 Å². The highest BCUT2D eigenvalue weighted by Crippen LogP contribution is 2.24. The summed E-state index contributed by atoms with van der Waals surface area (Å²) < 4.78 is 2.21. The van der Waals surface area contributed by atoms with E-state index in [4.69, 9.17) is 5.73 Å². The van der Waals surface area contributed by atoms with Crippen LogP contribution < -0.4 is 11.1 Å². The van der Waals surface area contributed by atoms with Gasteiger partial charge in [-0.25, -0.2) is 4.98 Å². The zero-order valence-corrected chi connectivity index (χ0v) is 12.5. The number of amides is 1. The Morgan fingerprint density at radius 3 is 2.70 bits per heavy atom. The van der Waals surface area contributed by atoms with Crippen LogP contribution in [0.5, 0.6) is 0 Å². The van der Waals surface area contributed by atoms with Gasteiger partial charge in [-0.3, -0.25) is 4.79 Å². The van der Waals surface area contributed by atoms with E-state index in [-0.39, 0.29) is 18.5 Å². The molecule has 2 rings (SSSR count). The molecule has 0 aliphatic carbocycles. The Morgan fingerprint density at radius 2 is 2.10 bits per heavy atom. The lowest BCUT2D eigenvalue weighted by Gasteiger charge is -2.14. The summed E-state index contributed by atoms with van der Waals surface area (Å²) in [4.78, 5) is 16.0. The van der Waals surface area contributed by atoms with Crippen molar-refractivity contribution in [2.75, 3.05) is 6.54 Å². The first-order valence-electron chi connectivity index (χ1n) is 6.92. The van der Waals surface area contributed by atoms with Gasteiger partial charge in [-0.2, -0.15) is 0 Å². The van der Waals surface area contributed by atoms with Gasteiger partial charge in [-0.1, -0.05) is 6.07 Å². The van der Waals surface area contributed by atoms with E-state index >= 15 is 0 Å². The van der Waals surface area contributed by atoms with Crippen molar-refractivity contribution in [2.24, 2.45) is 5.73 Å². The van der Waals surface area contributed by atoms with Gasteiger partial charge < -0.3 is 15.6 Å². The summed E-state index contributed by atoms with van der Waals surface area (Å²) >= 11 is 0. The highest BCUT2D eigenvalue weighted by Gasteiger charge is 2.13. The first-order valence-corrected chi connectivity index (χ1v) is 6.92. The summed E-state index contributed by atoms with van der Waals surface area (Å²) in [6, 6.07) is 6.43. The van der Waals surface area contributed by atoms with Gasteiger partial charge in [0.1, 0.15) is 5.82 Å². The minimum Gasteiger partial charge on any atom is -0.348 e. The van der Waals surface area contributed by atoms with E-state index < -0.39 is 0 Å². The first kappa shape index (κ1) is 14.5. The van der Waals surface area contributed by atoms with Gasteiger partial charge in [0.15, 0.2) is 0 Å². The third-order valence-corrected chi connectivity index (χ3v) is 3.47. The number of hydrogen-bond acceptors (Lipinski definition) is 3. The number of benzene rings is 1. The zero-order valence-electron chi connectivity index (χ0n) is 12.5. The molecule has 0 radical (unpaired) electrons. The van der Waals surface area contributed by atoms with Crippen molar-refractivity contribution in [2.45, 2.75) is 39.8 Å². The Morgan fingerprint density at radius 1 is 1.40 bits per heavy atom. The molecule has 2 aromatic rings. The summed E-state index contributed by atoms with van der Waals surface area (Å²) in [5.74, 6) is 0.854. The number of hydrogen-bond donors (Lipinski definition) is 2. The van der Waals surface area contributed by atoms with Gasteiger partial charge >= 0.3 is 0 Å². The van der Waals surface area contributed by atoms with E-state index in [1.807, 2.05) is 26.0 Å². The topological polar surface area (TPSA) is 72.9 Å². The van der Waals surface area contributed by atoms with Crippen LogP contribution in [0.25, 0.3) is 11.0 Å². The molecule has 1 aromatic heterocycles. The standard InChI is InChI=1S/C15H22N4O/c1-9(2)19-11(4)18-13-7-12(5-6-14(13)19)10(3)17-15(20)8-16/h5-7,9-10H,8,16H2,1-4H3,(H,17,20). The molecule has 1 atom stereocenters. The summed E-state index contributed by atoms with van der Waals surface area (Å²) in [6.45, 7) is 8.26. The average Bonchev–Trinajstić information content (AvgIpc) is 2.73. The minimum atomic E-state index is -0.151. The number of aryl methyl sites for hydroxylation is 1. The van der Waals surface area contributed by atoms with E-state index in [1.165, 1.54) is 0 Å². The second kappa shape index (κ2) is 5.63. The number of carbonyl (C=O) groups is 1. The first-order chi connectivity index (χ1) is 9.43. The average molecular weight is 274 g/mol. The number of carbonyl (C=O) groups excluding carboxylic acids is 1. The molecule has 1 heterocycles. The van der Waals surface area contributed by atoms with Crippen LogP contribution in [0.15, 0.2) is 18.2 Å². The molecule has 0 saturated carbocycles. The summed E-state index contributed by atoms with van der Waals surface area (Å²) in [7, 11) is 0. The smallest absolute Gasteiger partial charge is 0.234 e. The molecule has 0 aliphatic rings. The molecule has 5 heteroatoms. The van der Waals surface area contributed by atoms with Crippen molar-refractivity contribution in [1.29, 1.82) is 0 Å². The van der Waals surface area contributed by atoms with Gasteiger partial charge in [0.2, 0.25) is 5.91 Å². The maximum absolute atomic E-state index is 11.4. The second-order valence-electron chi connectivity index (χ2n) is 5.36. The number of fused-ring (bicyclic) bond motifs is 1. The lowest BCUT2D eigenvalue weighted by molar-refractivity contribution is -0.120. The van der Waals surface area contributed by atoms with E-state index in [2.05, 4.69) is 34.8 Å². The van der Waals surface area contributed by atoms with Crippen LogP contribution in [-0.2, 0) is 4.79 Å². The third kappa shape index (κ3) is 2.67. The highest BCUT2D eigenvalue weighted by molar-refractivity contribution is 5.79. The molecule has 3 N–H and O–H groups in total. The summed E-state index contributed by atoms with van der Waals surface area (Å²) in [5.41, 5.74) is 8.44. The van der Waals surface area contributed by atoms with Gasteiger partial charge in [-0.15, -0.1) is 0 Å². The van der Waals surface area contributed by atoms with Crippen LogP contribution >= 0.6 is 0 Å². The maximum Gasteiger partial charge on any atom is 0.234 e. The Labute approximate surface area is 119 Å². The van der Waals surface area contributed by atoms with Crippen molar-refractivity contribution < 1.29 is 4.79 Å². The molecule has 1 amide bonds. The molecule has 1 aromatic carbocycles. The quantitative estimate of drug-likeness (QED) is 0.896. The Kier molecular flexibility index (Phi) is 4.09. The lowest BCUT2D eigenvalue weighted by Crippen LogP contribution is -2.32. The number of nitrogens with zero attached hydrogens (tertiary/aromatic N) is 2. The Hall–Kier alpha value is -1.88. The monoisotopic (exact) mass is 274 g/mol. The fraction of sp³-hybridized carbons (Fsp3) is 0.467. The van der Waals surface area contributed by atoms with Crippen molar-refractivity contribution in [3.8, 4) is 0 Å². The fourth-order valence-electron chi connectivity index (χ4n) is 2.54. The molecule has 1 unspecified atom stereocenters. The predicted octanol–water partition coefficient (Wildman–Crippen LogP) is 2.06. The number of rotatable bonds is 4. The third-order valence-electron chi connectivity index (χ3n) is 3.47. The van der Waals surface area contributed by atoms with Gasteiger partial charge in [0.25, 0.3) is 0 Å². The molecule has 20 heavy (non-hydrogen) atoms. The van der Waals surface area contributed by atoms with Crippen LogP contribution in [-0.4, -0.2) is 22.0 Å². The summed E-state index contributed by atoms with van der Waals surface area (Å²) in [6.07, 6.45) is 0. The van der Waals surface area contributed by atoms with Crippen LogP contribution in [0.2, 0.25) is 0 Å². The molecule has 0 aliphatic heterocycles. The number of nitrogens with one attached hydrogen (secondary N) is 1. The van der Waals surface area contributed by atoms with Crippen molar-refractivity contribution >= 4 is 16.9 Å². The highest BCUT2D eigenvalue weighted by atomic mass is 16.1. The molecule has 5 nitrogen and oxygen atoms in total. The molecular formula is C15H22N4O. The van der Waals surface area contributed by atoms with Gasteiger partial charge in [0, 0.05) is 6.04 Å². The van der Waals surface area contributed by atoms with Crippen molar-refractivity contribution in [1.82, 2.24) is 14.9 Å². The van der Waals surface area contributed by atoms with E-state index in [9.17, 15) is 4.79 Å². The second-order valence-corrected chi connectivity index (χ2v) is 5.36. The van der Waals surface area contributed by atoms with Crippen LogP contribution in [0.3, 0.4) is 0 Å². The van der Waals surface area contributed by atoms with Crippen LogP contribution in [0.4, 0.5) is 0 Å². The fourth-order valence-corrected chi connectivity index (χ4v) is 2.54. The summed E-state index contributed by atoms with van der Waals surface area (Å²) in [5, 5.41) is 2.86. The minimum absolute atomic E-state index is 0.00761. The molecule has 108 valence electrons.